The summed E-state index contributed by atoms with van der Waals surface area (Å²) in [5.74, 6) is 0.424. The Bertz CT molecular complexity index is 963. The van der Waals surface area contributed by atoms with Crippen LogP contribution in [-0.4, -0.2) is 37.3 Å². The van der Waals surface area contributed by atoms with Crippen LogP contribution in [0.2, 0.25) is 0 Å². The second kappa shape index (κ2) is 10.8. The molecule has 0 saturated carbocycles. The molecule has 6 heteroatoms. The molecule has 2 aromatic carbocycles. The van der Waals surface area contributed by atoms with Gasteiger partial charge < -0.3 is 20.1 Å². The van der Waals surface area contributed by atoms with Crippen molar-refractivity contribution in [2.45, 2.75) is 51.5 Å². The molecule has 6 nitrogen and oxygen atoms in total. The highest BCUT2D eigenvalue weighted by atomic mass is 16.5. The van der Waals surface area contributed by atoms with Gasteiger partial charge in [-0.3, -0.25) is 4.79 Å². The maximum Gasteiger partial charge on any atom is 0.405 e. The molecule has 172 valence electrons. The maximum atomic E-state index is 13.3. The van der Waals surface area contributed by atoms with Gasteiger partial charge in [-0.2, -0.15) is 0 Å². The normalized spacial score (nSPS) is 12.0. The van der Waals surface area contributed by atoms with Crippen molar-refractivity contribution >= 4 is 17.7 Å². The van der Waals surface area contributed by atoms with Gasteiger partial charge in [0.2, 0.25) is 5.91 Å². The SMILES string of the molecule is C=CCCc1cccc(CC(NC(=O)O)C(=O)N(C)c2ccc(OC)c(C(C)(C)C)c2)c1. The third-order valence-corrected chi connectivity index (χ3v) is 5.37. The minimum atomic E-state index is -1.23. The molecule has 1 unspecified atom stereocenters. The Balaban J connectivity index is 2.31. The van der Waals surface area contributed by atoms with Crippen LogP contribution in [0, 0.1) is 0 Å². The first-order valence-corrected chi connectivity index (χ1v) is 10.7. The zero-order chi connectivity index (χ0) is 23.9. The van der Waals surface area contributed by atoms with E-state index < -0.39 is 12.1 Å². The number of ether oxygens (including phenoxy) is 1. The Morgan fingerprint density at radius 3 is 2.47 bits per heavy atom. The van der Waals surface area contributed by atoms with Crippen molar-refractivity contribution < 1.29 is 19.4 Å². The fourth-order valence-electron chi connectivity index (χ4n) is 3.62. The molecular weight excluding hydrogens is 404 g/mol. The minimum Gasteiger partial charge on any atom is -0.496 e. The van der Waals surface area contributed by atoms with Gasteiger partial charge in [0.1, 0.15) is 11.8 Å². The molecule has 0 aromatic heterocycles. The Morgan fingerprint density at radius 2 is 1.88 bits per heavy atom. The predicted molar refractivity (Wildman–Crippen MR) is 129 cm³/mol. The van der Waals surface area contributed by atoms with Gasteiger partial charge in [0.05, 0.1) is 7.11 Å². The number of likely N-dealkylation sites (N-methyl/N-ethyl adjacent to an activating group) is 1. The zero-order valence-electron chi connectivity index (χ0n) is 19.6. The molecule has 0 saturated heterocycles. The van der Waals surface area contributed by atoms with Crippen molar-refractivity contribution in [3.05, 3.63) is 71.8 Å². The lowest BCUT2D eigenvalue weighted by atomic mass is 9.86. The van der Waals surface area contributed by atoms with Crippen LogP contribution in [0.1, 0.15) is 43.9 Å². The van der Waals surface area contributed by atoms with E-state index in [4.69, 9.17) is 4.74 Å². The van der Waals surface area contributed by atoms with E-state index in [2.05, 4.69) is 32.7 Å². The van der Waals surface area contributed by atoms with E-state index in [1.54, 1.807) is 20.2 Å². The van der Waals surface area contributed by atoms with Crippen molar-refractivity contribution in [2.24, 2.45) is 0 Å². The summed E-state index contributed by atoms with van der Waals surface area (Å²) in [6.45, 7) is 9.97. The number of benzene rings is 2. The van der Waals surface area contributed by atoms with Gasteiger partial charge in [-0.25, -0.2) is 4.79 Å². The van der Waals surface area contributed by atoms with Crippen molar-refractivity contribution in [3.63, 3.8) is 0 Å². The van der Waals surface area contributed by atoms with Gasteiger partial charge in [-0.15, -0.1) is 6.58 Å². The summed E-state index contributed by atoms with van der Waals surface area (Å²) >= 11 is 0. The van der Waals surface area contributed by atoms with Gasteiger partial charge in [0, 0.05) is 24.7 Å². The first-order valence-electron chi connectivity index (χ1n) is 10.7. The number of hydrogen-bond acceptors (Lipinski definition) is 3. The van der Waals surface area contributed by atoms with Gasteiger partial charge in [0.15, 0.2) is 0 Å². The number of rotatable bonds is 9. The fourth-order valence-corrected chi connectivity index (χ4v) is 3.62. The van der Waals surface area contributed by atoms with E-state index in [9.17, 15) is 14.7 Å². The lowest BCUT2D eigenvalue weighted by molar-refractivity contribution is -0.120. The average molecular weight is 439 g/mol. The average Bonchev–Trinajstić information content (AvgIpc) is 2.75. The number of carbonyl (C=O) groups is 2. The number of hydrogen-bond donors (Lipinski definition) is 2. The quantitative estimate of drug-likeness (QED) is 0.543. The van der Waals surface area contributed by atoms with Crippen molar-refractivity contribution in [1.82, 2.24) is 5.32 Å². The number of amides is 2. The maximum absolute atomic E-state index is 13.3. The molecule has 32 heavy (non-hydrogen) atoms. The first-order chi connectivity index (χ1) is 15.1. The van der Waals surface area contributed by atoms with Crippen molar-refractivity contribution in [3.8, 4) is 5.75 Å². The van der Waals surface area contributed by atoms with Crippen LogP contribution in [0.3, 0.4) is 0 Å². The highest BCUT2D eigenvalue weighted by Gasteiger charge is 2.27. The lowest BCUT2D eigenvalue weighted by Crippen LogP contribution is -2.48. The van der Waals surface area contributed by atoms with Crippen LogP contribution >= 0.6 is 0 Å². The smallest absolute Gasteiger partial charge is 0.405 e. The Morgan fingerprint density at radius 1 is 1.19 bits per heavy atom. The second-order valence-electron chi connectivity index (χ2n) is 8.89. The summed E-state index contributed by atoms with van der Waals surface area (Å²) in [4.78, 5) is 26.2. The molecule has 0 aliphatic carbocycles. The van der Waals surface area contributed by atoms with E-state index in [1.165, 1.54) is 4.90 Å². The van der Waals surface area contributed by atoms with E-state index in [0.717, 1.165) is 35.3 Å². The molecule has 2 rings (SSSR count). The summed E-state index contributed by atoms with van der Waals surface area (Å²) in [6.07, 6.45) is 2.60. The molecule has 0 fully saturated rings. The Hall–Kier alpha value is -3.28. The molecule has 0 bridgehead atoms. The molecule has 0 radical (unpaired) electrons. The molecule has 0 spiro atoms. The Kier molecular flexibility index (Phi) is 8.47. The molecule has 0 aliphatic heterocycles. The van der Waals surface area contributed by atoms with Crippen LogP contribution in [0.25, 0.3) is 0 Å². The Labute approximate surface area is 190 Å². The van der Waals surface area contributed by atoms with Crippen LogP contribution in [0.5, 0.6) is 5.75 Å². The van der Waals surface area contributed by atoms with Crippen molar-refractivity contribution in [2.75, 3.05) is 19.1 Å². The van der Waals surface area contributed by atoms with E-state index in [1.807, 2.05) is 42.5 Å². The lowest BCUT2D eigenvalue weighted by Gasteiger charge is -2.27. The third-order valence-electron chi connectivity index (χ3n) is 5.37. The third kappa shape index (κ3) is 6.61. The molecule has 0 aliphatic rings. The van der Waals surface area contributed by atoms with Gasteiger partial charge in [-0.1, -0.05) is 51.1 Å². The predicted octanol–water partition coefficient (Wildman–Crippen LogP) is 4.95. The highest BCUT2D eigenvalue weighted by Crippen LogP contribution is 2.34. The van der Waals surface area contributed by atoms with Gasteiger partial charge >= 0.3 is 6.09 Å². The summed E-state index contributed by atoms with van der Waals surface area (Å²) < 4.78 is 5.49. The number of nitrogens with zero attached hydrogens (tertiary/aromatic N) is 1. The monoisotopic (exact) mass is 438 g/mol. The summed E-state index contributed by atoms with van der Waals surface area (Å²) in [6, 6.07) is 12.5. The van der Waals surface area contributed by atoms with Gasteiger partial charge in [-0.05, 0) is 47.6 Å². The molecular formula is C26H34N2O4. The zero-order valence-corrected chi connectivity index (χ0v) is 19.6. The number of allylic oxidation sites excluding steroid dienone is 1. The van der Waals surface area contributed by atoms with E-state index in [0.29, 0.717) is 5.69 Å². The van der Waals surface area contributed by atoms with Crippen LogP contribution < -0.4 is 15.0 Å². The van der Waals surface area contributed by atoms with Crippen LogP contribution in [-0.2, 0) is 23.1 Å². The summed E-state index contributed by atoms with van der Waals surface area (Å²) in [5.41, 5.74) is 3.49. The summed E-state index contributed by atoms with van der Waals surface area (Å²) in [7, 11) is 3.28. The number of carboxylic acid groups (broad SMARTS) is 1. The molecule has 2 aromatic rings. The summed E-state index contributed by atoms with van der Waals surface area (Å²) in [5, 5.41) is 11.7. The van der Waals surface area contributed by atoms with Crippen LogP contribution in [0.4, 0.5) is 10.5 Å². The number of methoxy groups -OCH3 is 1. The second-order valence-corrected chi connectivity index (χ2v) is 8.89. The van der Waals surface area contributed by atoms with Crippen molar-refractivity contribution in [1.29, 1.82) is 0 Å². The first kappa shape index (κ1) is 25.0. The largest absolute Gasteiger partial charge is 0.496 e. The molecule has 0 heterocycles. The molecule has 2 N–H and O–H groups in total. The van der Waals surface area contributed by atoms with E-state index in [-0.39, 0.29) is 17.7 Å². The number of nitrogens with one attached hydrogen (secondary N) is 1. The number of aryl methyl sites for hydroxylation is 1. The van der Waals surface area contributed by atoms with Crippen LogP contribution in [0.15, 0.2) is 55.1 Å². The minimum absolute atomic E-state index is 0.185. The van der Waals surface area contributed by atoms with Gasteiger partial charge in [0.25, 0.3) is 0 Å². The topological polar surface area (TPSA) is 78.9 Å². The number of carbonyl (C=O) groups excluding carboxylic acids is 1. The standard InChI is InChI=1S/C26H34N2O4/c1-7-8-10-18-11-9-12-19(15-18)16-22(27-25(30)31)24(29)28(5)20-13-14-23(32-6)21(17-20)26(2,3)4/h7,9,11-15,17,22,27H,1,8,10,16H2,2-6H3,(H,30,31). The molecule has 2 amide bonds. The number of anilines is 1. The molecule has 1 atom stereocenters. The fraction of sp³-hybridized carbons (Fsp3) is 0.385. The highest BCUT2D eigenvalue weighted by molar-refractivity contribution is 5.98. The van der Waals surface area contributed by atoms with E-state index >= 15 is 0 Å².